The molecule has 0 aliphatic rings. The van der Waals surface area contributed by atoms with E-state index in [1.807, 2.05) is 0 Å². The second-order valence-corrected chi connectivity index (χ2v) is 12.6. The number of benzene rings is 8. The summed E-state index contributed by atoms with van der Waals surface area (Å²) in [4.78, 5) is 0. The highest BCUT2D eigenvalue weighted by atomic mass is 15.0. The van der Waals surface area contributed by atoms with Gasteiger partial charge in [0.05, 0.1) is 27.8 Å². The number of nitrogens with zero attached hydrogens (tertiary/aromatic N) is 2. The Balaban J connectivity index is 1.31. The zero-order valence-electron chi connectivity index (χ0n) is 26.2. The number of hydrogen-bond acceptors (Lipinski definition) is 0. The summed E-state index contributed by atoms with van der Waals surface area (Å²) in [5.41, 5.74) is 12.0. The van der Waals surface area contributed by atoms with E-state index in [-0.39, 0.29) is 0 Å². The summed E-state index contributed by atoms with van der Waals surface area (Å²) in [5.74, 6) is 0. The molecule has 0 N–H and O–H groups in total. The van der Waals surface area contributed by atoms with Gasteiger partial charge in [-0.1, -0.05) is 152 Å². The molecule has 2 heterocycles. The Hall–Kier alpha value is -6.38. The van der Waals surface area contributed by atoms with Gasteiger partial charge in [-0.25, -0.2) is 0 Å². The molecule has 0 radical (unpaired) electrons. The first kappa shape index (κ1) is 26.8. The molecule has 8 aromatic carbocycles. The van der Waals surface area contributed by atoms with Crippen LogP contribution < -0.4 is 0 Å². The van der Waals surface area contributed by atoms with Crippen LogP contribution in [-0.2, 0) is 0 Å². The lowest BCUT2D eigenvalue weighted by atomic mass is 9.99. The first-order valence-electron chi connectivity index (χ1n) is 16.5. The fraction of sp³-hybridized carbons (Fsp3) is 0. The molecule has 0 saturated carbocycles. The Morgan fingerprint density at radius 1 is 0.312 bits per heavy atom. The van der Waals surface area contributed by atoms with Gasteiger partial charge in [0.25, 0.3) is 0 Å². The second-order valence-electron chi connectivity index (χ2n) is 12.6. The Bertz CT molecular complexity index is 2820. The van der Waals surface area contributed by atoms with Gasteiger partial charge in [-0.2, -0.15) is 0 Å². The van der Waals surface area contributed by atoms with E-state index >= 15 is 0 Å². The first-order valence-corrected chi connectivity index (χ1v) is 16.5. The maximum absolute atomic E-state index is 2.50. The third-order valence-corrected chi connectivity index (χ3v) is 9.91. The first-order chi connectivity index (χ1) is 23.8. The monoisotopic (exact) mass is 610 g/mol. The van der Waals surface area contributed by atoms with Crippen molar-refractivity contribution in [2.45, 2.75) is 0 Å². The molecule has 0 amide bonds. The van der Waals surface area contributed by atoms with Crippen molar-refractivity contribution >= 4 is 54.4 Å². The van der Waals surface area contributed by atoms with E-state index in [4.69, 9.17) is 0 Å². The summed E-state index contributed by atoms with van der Waals surface area (Å²) in [6.45, 7) is 0. The van der Waals surface area contributed by atoms with Gasteiger partial charge in [0.2, 0.25) is 0 Å². The highest BCUT2D eigenvalue weighted by molar-refractivity contribution is 6.24. The molecule has 10 rings (SSSR count). The molecule has 48 heavy (non-hydrogen) atoms. The minimum atomic E-state index is 1.16. The summed E-state index contributed by atoms with van der Waals surface area (Å²) in [6, 6.07) is 66.2. The molecule has 0 saturated heterocycles. The average Bonchev–Trinajstić information content (AvgIpc) is 3.68. The summed E-state index contributed by atoms with van der Waals surface area (Å²) in [7, 11) is 0. The molecule has 0 aliphatic carbocycles. The number of hydrogen-bond donors (Lipinski definition) is 0. The van der Waals surface area contributed by atoms with Gasteiger partial charge < -0.3 is 9.13 Å². The van der Waals surface area contributed by atoms with Gasteiger partial charge in [0.15, 0.2) is 0 Å². The molecule has 224 valence electrons. The largest absolute Gasteiger partial charge is 0.307 e. The third-order valence-electron chi connectivity index (χ3n) is 9.91. The summed E-state index contributed by atoms with van der Waals surface area (Å²) in [5, 5.41) is 7.48. The van der Waals surface area contributed by atoms with Crippen LogP contribution in [0.5, 0.6) is 0 Å². The van der Waals surface area contributed by atoms with Crippen molar-refractivity contribution in [2.24, 2.45) is 0 Å². The quantitative estimate of drug-likeness (QED) is 0.188. The Labute approximate surface area is 278 Å². The fourth-order valence-electron chi connectivity index (χ4n) is 7.72. The van der Waals surface area contributed by atoms with Gasteiger partial charge in [-0.05, 0) is 57.8 Å². The van der Waals surface area contributed by atoms with Crippen LogP contribution in [0.25, 0.3) is 88.0 Å². The van der Waals surface area contributed by atoms with E-state index in [1.165, 1.54) is 82.3 Å². The highest BCUT2D eigenvalue weighted by Crippen LogP contribution is 2.43. The fourth-order valence-corrected chi connectivity index (χ4v) is 7.72. The Kier molecular flexibility index (Phi) is 5.91. The predicted octanol–water partition coefficient (Wildman–Crippen LogP) is 12.4. The van der Waals surface area contributed by atoms with Crippen molar-refractivity contribution in [2.75, 3.05) is 0 Å². The zero-order valence-corrected chi connectivity index (χ0v) is 26.2. The topological polar surface area (TPSA) is 9.86 Å². The lowest BCUT2D eigenvalue weighted by Crippen LogP contribution is -2.00. The van der Waals surface area contributed by atoms with Crippen molar-refractivity contribution < 1.29 is 0 Å². The number of para-hydroxylation sites is 3. The van der Waals surface area contributed by atoms with Crippen LogP contribution in [0.4, 0.5) is 0 Å². The van der Waals surface area contributed by atoms with E-state index in [9.17, 15) is 0 Å². The molecule has 0 atom stereocenters. The van der Waals surface area contributed by atoms with E-state index in [0.29, 0.717) is 0 Å². The number of aromatic nitrogens is 2. The van der Waals surface area contributed by atoms with E-state index in [0.717, 1.165) is 5.69 Å². The number of rotatable bonds is 4. The molecular formula is C46H30N2. The molecule has 0 fully saturated rings. The van der Waals surface area contributed by atoms with Crippen LogP contribution in [0, 0.1) is 0 Å². The van der Waals surface area contributed by atoms with Crippen LogP contribution in [0.2, 0.25) is 0 Å². The highest BCUT2D eigenvalue weighted by Gasteiger charge is 2.22. The molecule has 2 heteroatoms. The summed E-state index contributed by atoms with van der Waals surface area (Å²) in [6.07, 6.45) is 0. The summed E-state index contributed by atoms with van der Waals surface area (Å²) >= 11 is 0. The van der Waals surface area contributed by atoms with Crippen LogP contribution in [0.3, 0.4) is 0 Å². The Morgan fingerprint density at radius 2 is 0.854 bits per heavy atom. The summed E-state index contributed by atoms with van der Waals surface area (Å²) < 4.78 is 4.98. The molecular weight excluding hydrogens is 581 g/mol. The zero-order chi connectivity index (χ0) is 31.6. The normalized spacial score (nSPS) is 11.8. The lowest BCUT2D eigenvalue weighted by Gasteiger charge is -2.16. The van der Waals surface area contributed by atoms with Gasteiger partial charge in [0, 0.05) is 32.8 Å². The number of fused-ring (bicyclic) bond motifs is 8. The SMILES string of the molecule is c1ccc(-c2ccc(-c3ccccc3-n3c4ccccc4c4ccc5c6ccccc6n(-c6ccc7ccccc7c6)c5c43)cc2)cc1. The molecule has 0 bridgehead atoms. The van der Waals surface area contributed by atoms with Crippen LogP contribution in [0.15, 0.2) is 182 Å². The standard InChI is InChI=1S/C46H30N2/c1-2-12-31(13-3-1)33-22-24-34(25-23-33)37-16-6-9-19-42(37)48-44-21-11-8-18-39(44)41-29-28-40-38-17-7-10-20-43(38)47(45(40)46(41)48)36-27-26-32-14-4-5-15-35(32)30-36/h1-30H. The van der Waals surface area contributed by atoms with Crippen molar-refractivity contribution in [1.82, 2.24) is 9.13 Å². The van der Waals surface area contributed by atoms with Crippen molar-refractivity contribution in [3.05, 3.63) is 182 Å². The maximum Gasteiger partial charge on any atom is 0.0789 e. The molecule has 2 nitrogen and oxygen atoms in total. The minimum absolute atomic E-state index is 1.16. The van der Waals surface area contributed by atoms with E-state index in [1.54, 1.807) is 0 Å². The van der Waals surface area contributed by atoms with E-state index < -0.39 is 0 Å². The average molecular weight is 611 g/mol. The lowest BCUT2D eigenvalue weighted by molar-refractivity contribution is 1.15. The molecule has 0 aliphatic heterocycles. The predicted molar refractivity (Wildman–Crippen MR) is 203 cm³/mol. The molecule has 2 aromatic heterocycles. The molecule has 10 aromatic rings. The van der Waals surface area contributed by atoms with Crippen LogP contribution in [-0.4, -0.2) is 9.13 Å². The Morgan fingerprint density at radius 3 is 1.60 bits per heavy atom. The van der Waals surface area contributed by atoms with Gasteiger partial charge >= 0.3 is 0 Å². The second kappa shape index (κ2) is 10.6. The third kappa shape index (κ3) is 4.00. The smallest absolute Gasteiger partial charge is 0.0789 e. The molecule has 0 unspecified atom stereocenters. The molecule has 0 spiro atoms. The van der Waals surface area contributed by atoms with Gasteiger partial charge in [-0.15, -0.1) is 0 Å². The van der Waals surface area contributed by atoms with Crippen molar-refractivity contribution in [3.63, 3.8) is 0 Å². The minimum Gasteiger partial charge on any atom is -0.307 e. The van der Waals surface area contributed by atoms with Crippen molar-refractivity contribution in [1.29, 1.82) is 0 Å². The van der Waals surface area contributed by atoms with Gasteiger partial charge in [0.1, 0.15) is 0 Å². The maximum atomic E-state index is 2.50. The van der Waals surface area contributed by atoms with Crippen molar-refractivity contribution in [3.8, 4) is 33.6 Å². The van der Waals surface area contributed by atoms with E-state index in [2.05, 4.69) is 191 Å². The van der Waals surface area contributed by atoms with Crippen LogP contribution in [0.1, 0.15) is 0 Å². The van der Waals surface area contributed by atoms with Crippen LogP contribution >= 0.6 is 0 Å². The van der Waals surface area contributed by atoms with Gasteiger partial charge in [-0.3, -0.25) is 0 Å².